The van der Waals surface area contributed by atoms with E-state index in [2.05, 4.69) is 41.5 Å². The summed E-state index contributed by atoms with van der Waals surface area (Å²) in [5.74, 6) is 1.45. The minimum absolute atomic E-state index is 0.0796. The van der Waals surface area contributed by atoms with Crippen LogP contribution in [0.3, 0.4) is 0 Å². The van der Waals surface area contributed by atoms with E-state index >= 15 is 0 Å². The van der Waals surface area contributed by atoms with Gasteiger partial charge in [0.1, 0.15) is 23.7 Å². The zero-order chi connectivity index (χ0) is 23.1. The molecule has 6 nitrogen and oxygen atoms in total. The van der Waals surface area contributed by atoms with Gasteiger partial charge in [0, 0.05) is 30.1 Å². The van der Waals surface area contributed by atoms with Crippen LogP contribution in [0.15, 0.2) is 73.1 Å². The van der Waals surface area contributed by atoms with Crippen molar-refractivity contribution in [3.63, 3.8) is 0 Å². The minimum atomic E-state index is -0.101. The molecule has 3 heterocycles. The van der Waals surface area contributed by atoms with Crippen LogP contribution in [0.4, 0.5) is 0 Å². The summed E-state index contributed by atoms with van der Waals surface area (Å²) in [6, 6.07) is 20.6. The van der Waals surface area contributed by atoms with Crippen molar-refractivity contribution in [2.75, 3.05) is 6.54 Å². The summed E-state index contributed by atoms with van der Waals surface area (Å²) in [5, 5.41) is 7.84. The standard InChI is InChI=1S/C28H26N4O2/c1-18-16-30-28(33)27-25(26(31-32(18)27)23-12-14-29-15-13-23)22-8-10-24(11-9-22)34-17-19-2-4-20(5-3-19)21-6-7-21/h2-5,8-15,18,21H,6-7,16-17H2,1H3,(H,30,33). The van der Waals surface area contributed by atoms with E-state index in [0.717, 1.165) is 39.6 Å². The van der Waals surface area contributed by atoms with Crippen molar-refractivity contribution >= 4 is 5.91 Å². The number of benzene rings is 2. The van der Waals surface area contributed by atoms with Crippen LogP contribution in [0.1, 0.15) is 53.3 Å². The molecule has 1 aliphatic carbocycles. The van der Waals surface area contributed by atoms with Gasteiger partial charge in [-0.15, -0.1) is 0 Å². The third-order valence-corrected chi connectivity index (χ3v) is 6.63. The van der Waals surface area contributed by atoms with Gasteiger partial charge in [-0.25, -0.2) is 0 Å². The van der Waals surface area contributed by atoms with Gasteiger partial charge in [-0.05, 0) is 66.6 Å². The number of hydrogen-bond acceptors (Lipinski definition) is 4. The zero-order valence-corrected chi connectivity index (χ0v) is 19.1. The van der Waals surface area contributed by atoms with Gasteiger partial charge in [0.05, 0.1) is 6.04 Å². The van der Waals surface area contributed by atoms with Crippen LogP contribution >= 0.6 is 0 Å². The van der Waals surface area contributed by atoms with E-state index < -0.39 is 0 Å². The molecule has 1 fully saturated rings. The fourth-order valence-electron chi connectivity index (χ4n) is 4.55. The first-order chi connectivity index (χ1) is 16.7. The Labute approximate surface area is 198 Å². The lowest BCUT2D eigenvalue weighted by atomic mass is 9.98. The summed E-state index contributed by atoms with van der Waals surface area (Å²) in [6.07, 6.45) is 6.11. The average Bonchev–Trinajstić information content (AvgIpc) is 3.65. The maximum atomic E-state index is 12.9. The molecular weight excluding hydrogens is 424 g/mol. The van der Waals surface area contributed by atoms with Gasteiger partial charge in [-0.3, -0.25) is 14.5 Å². The second-order valence-electron chi connectivity index (χ2n) is 9.14. The number of carbonyl (C=O) groups is 1. The molecule has 1 atom stereocenters. The first-order valence-electron chi connectivity index (χ1n) is 11.8. The summed E-state index contributed by atoms with van der Waals surface area (Å²) >= 11 is 0. The molecule has 0 bridgehead atoms. The number of ether oxygens (including phenoxy) is 1. The molecule has 1 aliphatic heterocycles. The smallest absolute Gasteiger partial charge is 0.270 e. The molecule has 34 heavy (non-hydrogen) atoms. The van der Waals surface area contributed by atoms with Crippen molar-refractivity contribution in [3.8, 4) is 28.1 Å². The fourth-order valence-corrected chi connectivity index (χ4v) is 4.55. The molecule has 0 saturated heterocycles. The predicted molar refractivity (Wildman–Crippen MR) is 131 cm³/mol. The normalized spacial score (nSPS) is 17.2. The van der Waals surface area contributed by atoms with Crippen molar-refractivity contribution in [2.45, 2.75) is 38.3 Å². The highest BCUT2D eigenvalue weighted by Crippen LogP contribution is 2.40. The van der Waals surface area contributed by atoms with E-state index in [0.29, 0.717) is 18.8 Å². The van der Waals surface area contributed by atoms with E-state index in [-0.39, 0.29) is 11.9 Å². The number of aromatic nitrogens is 3. The van der Waals surface area contributed by atoms with Gasteiger partial charge < -0.3 is 10.1 Å². The van der Waals surface area contributed by atoms with E-state index in [1.807, 2.05) is 41.1 Å². The van der Waals surface area contributed by atoms with Crippen LogP contribution < -0.4 is 10.1 Å². The Morgan fingerprint density at radius 3 is 2.41 bits per heavy atom. The molecule has 2 aromatic heterocycles. The van der Waals surface area contributed by atoms with Crippen molar-refractivity contribution in [3.05, 3.63) is 89.9 Å². The Balaban J connectivity index is 1.29. The van der Waals surface area contributed by atoms with Crippen molar-refractivity contribution in [1.82, 2.24) is 20.1 Å². The van der Waals surface area contributed by atoms with Crippen LogP contribution in [0, 0.1) is 0 Å². The van der Waals surface area contributed by atoms with Crippen LogP contribution in [-0.2, 0) is 6.61 Å². The molecule has 0 spiro atoms. The van der Waals surface area contributed by atoms with Gasteiger partial charge >= 0.3 is 0 Å². The quantitative estimate of drug-likeness (QED) is 0.429. The van der Waals surface area contributed by atoms with Gasteiger partial charge in [-0.2, -0.15) is 5.10 Å². The number of carbonyl (C=O) groups excluding carboxylic acids is 1. The number of pyridine rings is 1. The van der Waals surface area contributed by atoms with Crippen molar-refractivity contribution < 1.29 is 9.53 Å². The molecule has 2 aliphatic rings. The lowest BCUT2D eigenvalue weighted by Gasteiger charge is -2.22. The second-order valence-corrected chi connectivity index (χ2v) is 9.14. The highest BCUT2D eigenvalue weighted by Gasteiger charge is 2.31. The molecule has 1 amide bonds. The van der Waals surface area contributed by atoms with E-state index in [4.69, 9.17) is 9.84 Å². The summed E-state index contributed by atoms with van der Waals surface area (Å²) in [4.78, 5) is 17.0. The average molecular weight is 451 g/mol. The summed E-state index contributed by atoms with van der Waals surface area (Å²) < 4.78 is 7.88. The number of rotatable bonds is 6. The highest BCUT2D eigenvalue weighted by atomic mass is 16.5. The van der Waals surface area contributed by atoms with Crippen molar-refractivity contribution in [2.24, 2.45) is 0 Å². The molecular formula is C28H26N4O2. The van der Waals surface area contributed by atoms with E-state index in [9.17, 15) is 4.79 Å². The van der Waals surface area contributed by atoms with Gasteiger partial charge in [0.2, 0.25) is 0 Å². The fraction of sp³-hybridized carbons (Fsp3) is 0.250. The number of nitrogens with zero attached hydrogens (tertiary/aromatic N) is 3. The molecule has 6 rings (SSSR count). The molecule has 1 saturated carbocycles. The van der Waals surface area contributed by atoms with Crippen LogP contribution in [0.2, 0.25) is 0 Å². The summed E-state index contributed by atoms with van der Waals surface area (Å²) in [6.45, 7) is 3.15. The Morgan fingerprint density at radius 2 is 1.71 bits per heavy atom. The lowest BCUT2D eigenvalue weighted by Crippen LogP contribution is -2.38. The SMILES string of the molecule is CC1CNC(=O)c2c(-c3ccc(OCc4ccc(C5CC5)cc4)cc3)c(-c3ccncc3)nn21. The Morgan fingerprint density at radius 1 is 0.971 bits per heavy atom. The van der Waals surface area contributed by atoms with E-state index in [1.54, 1.807) is 12.4 Å². The van der Waals surface area contributed by atoms with Gasteiger partial charge in [0.25, 0.3) is 5.91 Å². The topological polar surface area (TPSA) is 69.0 Å². The predicted octanol–water partition coefficient (Wildman–Crippen LogP) is 5.37. The Kier molecular flexibility index (Phi) is 5.13. The highest BCUT2D eigenvalue weighted by molar-refractivity contribution is 6.03. The Bertz CT molecular complexity index is 1320. The van der Waals surface area contributed by atoms with Gasteiger partial charge in [-0.1, -0.05) is 36.4 Å². The summed E-state index contributed by atoms with van der Waals surface area (Å²) in [7, 11) is 0. The number of nitrogens with one attached hydrogen (secondary N) is 1. The number of hydrogen-bond donors (Lipinski definition) is 1. The minimum Gasteiger partial charge on any atom is -0.489 e. The second kappa shape index (κ2) is 8.45. The number of amides is 1. The largest absolute Gasteiger partial charge is 0.489 e. The summed E-state index contributed by atoms with van der Waals surface area (Å²) in [5.41, 5.74) is 6.66. The maximum absolute atomic E-state index is 12.9. The van der Waals surface area contributed by atoms with E-state index in [1.165, 1.54) is 18.4 Å². The molecule has 2 aromatic carbocycles. The molecule has 4 aromatic rings. The van der Waals surface area contributed by atoms with Crippen LogP contribution in [-0.4, -0.2) is 27.2 Å². The third-order valence-electron chi connectivity index (χ3n) is 6.63. The molecule has 6 heteroatoms. The third kappa shape index (κ3) is 3.85. The van der Waals surface area contributed by atoms with Crippen LogP contribution in [0.5, 0.6) is 5.75 Å². The van der Waals surface area contributed by atoms with Crippen LogP contribution in [0.25, 0.3) is 22.4 Å². The van der Waals surface area contributed by atoms with Gasteiger partial charge in [0.15, 0.2) is 0 Å². The molecule has 1 N–H and O–H groups in total. The number of fused-ring (bicyclic) bond motifs is 1. The molecule has 0 radical (unpaired) electrons. The zero-order valence-electron chi connectivity index (χ0n) is 19.1. The first kappa shape index (κ1) is 20.7. The van der Waals surface area contributed by atoms with Crippen molar-refractivity contribution in [1.29, 1.82) is 0 Å². The maximum Gasteiger partial charge on any atom is 0.270 e. The molecule has 170 valence electrons. The Hall–Kier alpha value is -3.93. The molecule has 1 unspecified atom stereocenters. The monoisotopic (exact) mass is 450 g/mol. The lowest BCUT2D eigenvalue weighted by molar-refractivity contribution is 0.0913. The first-order valence-corrected chi connectivity index (χ1v) is 11.8.